The summed E-state index contributed by atoms with van der Waals surface area (Å²) in [4.78, 5) is 14.3. The number of rotatable bonds is 5. The van der Waals surface area contributed by atoms with Crippen molar-refractivity contribution in [3.63, 3.8) is 0 Å². The second-order valence-corrected chi connectivity index (χ2v) is 3.52. The molecular weight excluding hydrogens is 223 g/mol. The van der Waals surface area contributed by atoms with E-state index >= 15 is 0 Å². The topological polar surface area (TPSA) is 77.9 Å². The number of carbonyl (C=O) groups excluding carboxylic acids is 1. The van der Waals surface area contributed by atoms with Gasteiger partial charge in [-0.15, -0.1) is 0 Å². The Balaban J connectivity index is 2.52. The van der Waals surface area contributed by atoms with Gasteiger partial charge in [0.15, 0.2) is 0 Å². The van der Waals surface area contributed by atoms with Crippen molar-refractivity contribution in [3.8, 4) is 0 Å². The van der Waals surface area contributed by atoms with Crippen LogP contribution in [0.4, 0.5) is 4.39 Å². The van der Waals surface area contributed by atoms with Crippen molar-refractivity contribution in [3.05, 3.63) is 45.6 Å². The summed E-state index contributed by atoms with van der Waals surface area (Å²) in [7, 11) is 0. The molecule has 0 aromatic heterocycles. The van der Waals surface area contributed by atoms with Crippen LogP contribution >= 0.6 is 0 Å². The average Bonchev–Trinajstić information content (AvgIpc) is 2.32. The van der Waals surface area contributed by atoms with Crippen molar-refractivity contribution >= 4 is 5.91 Å². The van der Waals surface area contributed by atoms with E-state index in [1.807, 2.05) is 0 Å². The Morgan fingerprint density at radius 2 is 2.35 bits per heavy atom. The molecule has 0 saturated carbocycles. The maximum absolute atomic E-state index is 13.0. The Morgan fingerprint density at radius 3 is 3.06 bits per heavy atom. The quantitative estimate of drug-likeness (QED) is 0.362. The molecule has 1 amide bonds. The highest BCUT2D eigenvalue weighted by Gasteiger charge is 2.08. The molecule has 6 heteroatoms. The van der Waals surface area contributed by atoms with Crippen LogP contribution < -0.4 is 5.32 Å². The Hall–Kier alpha value is -2.07. The Labute approximate surface area is 98.3 Å². The highest BCUT2D eigenvalue weighted by Crippen LogP contribution is 2.09. The molecule has 1 aromatic carbocycles. The predicted molar refractivity (Wildman–Crippen MR) is 62.1 cm³/mol. The SMILES string of the molecule is Cc1ccc(F)cc1C(=O)NCCCN=[N+]=[N-]. The van der Waals surface area contributed by atoms with E-state index in [2.05, 4.69) is 15.3 Å². The van der Waals surface area contributed by atoms with Gasteiger partial charge in [0.2, 0.25) is 0 Å². The minimum atomic E-state index is -0.435. The van der Waals surface area contributed by atoms with Crippen LogP contribution in [0.1, 0.15) is 22.3 Å². The van der Waals surface area contributed by atoms with Gasteiger partial charge in [-0.25, -0.2) is 4.39 Å². The third-order valence-corrected chi connectivity index (χ3v) is 2.23. The van der Waals surface area contributed by atoms with Gasteiger partial charge in [0.05, 0.1) is 0 Å². The first-order valence-electron chi connectivity index (χ1n) is 5.20. The average molecular weight is 236 g/mol. The first-order chi connectivity index (χ1) is 8.15. The maximum atomic E-state index is 13.0. The van der Waals surface area contributed by atoms with Crippen molar-refractivity contribution in [2.75, 3.05) is 13.1 Å². The molecule has 0 unspecified atom stereocenters. The fraction of sp³-hybridized carbons (Fsp3) is 0.364. The zero-order valence-corrected chi connectivity index (χ0v) is 9.48. The maximum Gasteiger partial charge on any atom is 0.251 e. The molecule has 17 heavy (non-hydrogen) atoms. The summed E-state index contributed by atoms with van der Waals surface area (Å²) in [5.74, 6) is -0.752. The van der Waals surface area contributed by atoms with Crippen LogP contribution in [0.25, 0.3) is 10.4 Å². The van der Waals surface area contributed by atoms with E-state index < -0.39 is 5.82 Å². The Kier molecular flexibility index (Phi) is 4.97. The smallest absolute Gasteiger partial charge is 0.251 e. The van der Waals surface area contributed by atoms with Crippen LogP contribution in [0.5, 0.6) is 0 Å². The molecule has 5 nitrogen and oxygen atoms in total. The molecule has 0 bridgehead atoms. The molecule has 0 aliphatic heterocycles. The van der Waals surface area contributed by atoms with E-state index in [0.29, 0.717) is 25.1 Å². The van der Waals surface area contributed by atoms with Crippen LogP contribution in [-0.2, 0) is 0 Å². The first-order valence-corrected chi connectivity index (χ1v) is 5.20. The minimum Gasteiger partial charge on any atom is -0.352 e. The number of benzene rings is 1. The van der Waals surface area contributed by atoms with E-state index in [9.17, 15) is 9.18 Å². The van der Waals surface area contributed by atoms with Gasteiger partial charge in [0, 0.05) is 23.6 Å². The number of nitrogens with zero attached hydrogens (tertiary/aromatic N) is 3. The second-order valence-electron chi connectivity index (χ2n) is 3.52. The molecule has 1 rings (SSSR count). The van der Waals surface area contributed by atoms with Gasteiger partial charge in [-0.1, -0.05) is 11.2 Å². The molecule has 0 heterocycles. The zero-order chi connectivity index (χ0) is 12.7. The molecular formula is C11H13FN4O. The van der Waals surface area contributed by atoms with Crippen molar-refractivity contribution in [1.82, 2.24) is 5.32 Å². The van der Waals surface area contributed by atoms with Crippen molar-refractivity contribution < 1.29 is 9.18 Å². The highest BCUT2D eigenvalue weighted by molar-refractivity contribution is 5.95. The summed E-state index contributed by atoms with van der Waals surface area (Å²) in [5.41, 5.74) is 9.10. The van der Waals surface area contributed by atoms with E-state index in [4.69, 9.17) is 5.53 Å². The van der Waals surface area contributed by atoms with E-state index in [1.54, 1.807) is 13.0 Å². The molecule has 0 radical (unpaired) electrons. The summed E-state index contributed by atoms with van der Waals surface area (Å²) in [6, 6.07) is 4.08. The Bertz CT molecular complexity index is 455. The summed E-state index contributed by atoms with van der Waals surface area (Å²) in [5, 5.41) is 5.98. The standard InChI is InChI=1S/C11H13FN4O/c1-8-3-4-9(12)7-10(8)11(17)14-5-2-6-15-16-13/h3-4,7H,2,5-6H2,1H3,(H,14,17). The lowest BCUT2D eigenvalue weighted by molar-refractivity contribution is 0.0952. The van der Waals surface area contributed by atoms with E-state index in [1.165, 1.54) is 12.1 Å². The lowest BCUT2D eigenvalue weighted by Crippen LogP contribution is -2.25. The number of carbonyl (C=O) groups is 1. The lowest BCUT2D eigenvalue weighted by Gasteiger charge is -2.06. The van der Waals surface area contributed by atoms with Crippen molar-refractivity contribution in [1.29, 1.82) is 0 Å². The van der Waals surface area contributed by atoms with E-state index in [0.717, 1.165) is 5.56 Å². The third kappa shape index (κ3) is 4.12. The van der Waals surface area contributed by atoms with Gasteiger partial charge >= 0.3 is 0 Å². The molecule has 90 valence electrons. The van der Waals surface area contributed by atoms with Crippen LogP contribution in [0.3, 0.4) is 0 Å². The van der Waals surface area contributed by atoms with Gasteiger partial charge < -0.3 is 5.32 Å². The fourth-order valence-electron chi connectivity index (χ4n) is 1.33. The third-order valence-electron chi connectivity index (χ3n) is 2.23. The van der Waals surface area contributed by atoms with Crippen LogP contribution in [0, 0.1) is 12.7 Å². The number of amides is 1. The summed E-state index contributed by atoms with van der Waals surface area (Å²) < 4.78 is 13.0. The highest BCUT2D eigenvalue weighted by atomic mass is 19.1. The number of hydrogen-bond acceptors (Lipinski definition) is 2. The number of aryl methyl sites for hydroxylation is 1. The van der Waals surface area contributed by atoms with Gasteiger partial charge in [-0.2, -0.15) is 0 Å². The van der Waals surface area contributed by atoms with Gasteiger partial charge in [-0.3, -0.25) is 4.79 Å². The molecule has 1 aromatic rings. The normalized spacial score (nSPS) is 9.53. The number of azide groups is 1. The monoisotopic (exact) mass is 236 g/mol. The zero-order valence-electron chi connectivity index (χ0n) is 9.48. The van der Waals surface area contributed by atoms with E-state index in [-0.39, 0.29) is 5.91 Å². The largest absolute Gasteiger partial charge is 0.352 e. The summed E-state index contributed by atoms with van der Waals surface area (Å²) in [6.45, 7) is 2.47. The second kappa shape index (κ2) is 6.50. The predicted octanol–water partition coefficient (Wildman–Crippen LogP) is 2.56. The van der Waals surface area contributed by atoms with Crippen molar-refractivity contribution in [2.24, 2.45) is 5.11 Å². The van der Waals surface area contributed by atoms with Gasteiger partial charge in [0.25, 0.3) is 5.91 Å². The molecule has 1 N–H and O–H groups in total. The van der Waals surface area contributed by atoms with Crippen LogP contribution in [0.15, 0.2) is 23.3 Å². The number of hydrogen-bond donors (Lipinski definition) is 1. The molecule has 0 fully saturated rings. The van der Waals surface area contributed by atoms with Gasteiger partial charge in [0.1, 0.15) is 5.82 Å². The molecule has 0 spiro atoms. The lowest BCUT2D eigenvalue weighted by atomic mass is 10.1. The summed E-state index contributed by atoms with van der Waals surface area (Å²) >= 11 is 0. The van der Waals surface area contributed by atoms with Gasteiger partial charge in [-0.05, 0) is 36.6 Å². The fourth-order valence-corrected chi connectivity index (χ4v) is 1.33. The molecule has 0 aliphatic carbocycles. The number of halogens is 1. The summed E-state index contributed by atoms with van der Waals surface area (Å²) in [6.07, 6.45) is 0.560. The molecule has 0 saturated heterocycles. The minimum absolute atomic E-state index is 0.317. The van der Waals surface area contributed by atoms with Crippen molar-refractivity contribution in [2.45, 2.75) is 13.3 Å². The van der Waals surface area contributed by atoms with Crippen LogP contribution in [0.2, 0.25) is 0 Å². The number of nitrogens with one attached hydrogen (secondary N) is 1. The molecule has 0 aliphatic rings. The molecule has 0 atom stereocenters. The Morgan fingerprint density at radius 1 is 1.59 bits per heavy atom. The first kappa shape index (κ1) is 13.0. The van der Waals surface area contributed by atoms with Crippen LogP contribution in [-0.4, -0.2) is 19.0 Å².